The van der Waals surface area contributed by atoms with Gasteiger partial charge in [0.1, 0.15) is 11.6 Å². The van der Waals surface area contributed by atoms with Crippen molar-refractivity contribution in [3.8, 4) is 0 Å². The maximum Gasteiger partial charge on any atom is 0.302 e. The van der Waals surface area contributed by atoms with Crippen LogP contribution in [0.15, 0.2) is 0 Å². The van der Waals surface area contributed by atoms with Crippen LogP contribution in [0.4, 0.5) is 0 Å². The topological polar surface area (TPSA) is 60.4 Å². The Morgan fingerprint density at radius 2 is 1.72 bits per heavy atom. The van der Waals surface area contributed by atoms with E-state index in [1.165, 1.54) is 6.92 Å². The molecule has 4 nitrogen and oxygen atoms in total. The largest absolute Gasteiger partial charge is 0.466 e. The Kier molecular flexibility index (Phi) is 5.51. The van der Waals surface area contributed by atoms with Crippen molar-refractivity contribution in [2.75, 3.05) is 6.61 Å². The monoisotopic (exact) mass is 254 g/mol. The summed E-state index contributed by atoms with van der Waals surface area (Å²) in [5.41, 5.74) is 0. The number of ether oxygens (including phenoxy) is 1. The first-order valence-electron chi connectivity index (χ1n) is 6.56. The SMILES string of the molecule is CC(=O)OCCC1CC(C(C)=O)CCC1C(C)=O. The Hall–Kier alpha value is -1.19. The van der Waals surface area contributed by atoms with Gasteiger partial charge in [0, 0.05) is 18.8 Å². The van der Waals surface area contributed by atoms with Gasteiger partial charge in [0.15, 0.2) is 0 Å². The molecule has 0 amide bonds. The van der Waals surface area contributed by atoms with Crippen molar-refractivity contribution in [2.24, 2.45) is 17.8 Å². The van der Waals surface area contributed by atoms with Crippen LogP contribution in [0, 0.1) is 17.8 Å². The molecule has 1 rings (SSSR count). The van der Waals surface area contributed by atoms with Crippen LogP contribution in [0.1, 0.15) is 46.5 Å². The average Bonchev–Trinajstić information content (AvgIpc) is 2.27. The maximum absolute atomic E-state index is 11.6. The minimum atomic E-state index is -0.298. The van der Waals surface area contributed by atoms with Gasteiger partial charge in [-0.05, 0) is 45.4 Å². The molecule has 0 aromatic rings. The number of hydrogen-bond acceptors (Lipinski definition) is 4. The van der Waals surface area contributed by atoms with Gasteiger partial charge in [0.25, 0.3) is 0 Å². The highest BCUT2D eigenvalue weighted by atomic mass is 16.5. The summed E-state index contributed by atoms with van der Waals surface area (Å²) in [4.78, 5) is 33.8. The van der Waals surface area contributed by atoms with Crippen LogP contribution >= 0.6 is 0 Å². The molecule has 3 unspecified atom stereocenters. The first kappa shape index (κ1) is 14.9. The van der Waals surface area contributed by atoms with Gasteiger partial charge in [-0.2, -0.15) is 0 Å². The fraction of sp³-hybridized carbons (Fsp3) is 0.786. The van der Waals surface area contributed by atoms with E-state index in [0.717, 1.165) is 19.3 Å². The predicted molar refractivity (Wildman–Crippen MR) is 66.9 cm³/mol. The number of hydrogen-bond donors (Lipinski definition) is 0. The second-order valence-corrected chi connectivity index (χ2v) is 5.23. The summed E-state index contributed by atoms with van der Waals surface area (Å²) in [6.07, 6.45) is 3.02. The molecule has 4 heteroatoms. The molecule has 0 aliphatic heterocycles. The number of rotatable bonds is 5. The van der Waals surface area contributed by atoms with Crippen molar-refractivity contribution in [3.05, 3.63) is 0 Å². The van der Waals surface area contributed by atoms with Crippen LogP contribution in [0.3, 0.4) is 0 Å². The van der Waals surface area contributed by atoms with Crippen LogP contribution in [-0.4, -0.2) is 24.1 Å². The lowest BCUT2D eigenvalue weighted by molar-refractivity contribution is -0.142. The lowest BCUT2D eigenvalue weighted by Crippen LogP contribution is -2.32. The van der Waals surface area contributed by atoms with E-state index in [1.807, 2.05) is 0 Å². The molecule has 1 fully saturated rings. The van der Waals surface area contributed by atoms with Crippen LogP contribution < -0.4 is 0 Å². The maximum atomic E-state index is 11.6. The lowest BCUT2D eigenvalue weighted by Gasteiger charge is -2.33. The van der Waals surface area contributed by atoms with Gasteiger partial charge >= 0.3 is 5.97 Å². The summed E-state index contributed by atoms with van der Waals surface area (Å²) in [6.45, 7) is 4.94. The van der Waals surface area contributed by atoms with Crippen molar-refractivity contribution in [2.45, 2.75) is 46.5 Å². The van der Waals surface area contributed by atoms with Gasteiger partial charge in [-0.15, -0.1) is 0 Å². The van der Waals surface area contributed by atoms with E-state index in [2.05, 4.69) is 0 Å². The van der Waals surface area contributed by atoms with E-state index in [-0.39, 0.29) is 35.3 Å². The average molecular weight is 254 g/mol. The van der Waals surface area contributed by atoms with Crippen molar-refractivity contribution in [3.63, 3.8) is 0 Å². The Labute approximate surface area is 108 Å². The zero-order chi connectivity index (χ0) is 13.7. The summed E-state index contributed by atoms with van der Waals surface area (Å²) >= 11 is 0. The Morgan fingerprint density at radius 3 is 2.22 bits per heavy atom. The molecule has 0 bridgehead atoms. The zero-order valence-corrected chi connectivity index (χ0v) is 11.4. The van der Waals surface area contributed by atoms with Crippen molar-refractivity contribution >= 4 is 17.5 Å². The first-order chi connectivity index (χ1) is 8.41. The third-order valence-electron chi connectivity index (χ3n) is 3.87. The molecule has 0 aromatic carbocycles. The van der Waals surface area contributed by atoms with E-state index in [9.17, 15) is 14.4 Å². The number of carbonyl (C=O) groups excluding carboxylic acids is 3. The first-order valence-corrected chi connectivity index (χ1v) is 6.56. The molecule has 0 heterocycles. The summed E-state index contributed by atoms with van der Waals surface area (Å²) < 4.78 is 4.93. The van der Waals surface area contributed by atoms with E-state index < -0.39 is 0 Å². The molecule has 0 N–H and O–H groups in total. The van der Waals surface area contributed by atoms with Crippen LogP contribution in [0.5, 0.6) is 0 Å². The highest BCUT2D eigenvalue weighted by Crippen LogP contribution is 2.36. The van der Waals surface area contributed by atoms with Crippen molar-refractivity contribution in [1.82, 2.24) is 0 Å². The highest BCUT2D eigenvalue weighted by molar-refractivity contribution is 5.81. The molecule has 0 saturated heterocycles. The molecule has 1 saturated carbocycles. The third kappa shape index (κ3) is 4.24. The molecular weight excluding hydrogens is 232 g/mol. The second-order valence-electron chi connectivity index (χ2n) is 5.23. The number of Topliss-reactive ketones (excluding diaryl/α,β-unsaturated/α-hetero) is 2. The molecule has 0 spiro atoms. The standard InChI is InChI=1S/C14H22O4/c1-9(15)12-4-5-14(10(2)16)13(8-12)6-7-18-11(3)17/h12-14H,4-8H2,1-3H3. The predicted octanol–water partition coefficient (Wildman–Crippen LogP) is 2.15. The second kappa shape index (κ2) is 6.66. The minimum Gasteiger partial charge on any atom is -0.466 e. The van der Waals surface area contributed by atoms with E-state index in [4.69, 9.17) is 4.74 Å². The summed E-state index contributed by atoms with van der Waals surface area (Å²) in [5.74, 6) is 0.358. The number of esters is 1. The lowest BCUT2D eigenvalue weighted by atomic mass is 9.70. The minimum absolute atomic E-state index is 0.0242. The van der Waals surface area contributed by atoms with Gasteiger partial charge in [-0.1, -0.05) is 0 Å². The summed E-state index contributed by atoms with van der Waals surface area (Å²) in [5, 5.41) is 0. The quantitative estimate of drug-likeness (QED) is 0.705. The zero-order valence-electron chi connectivity index (χ0n) is 11.4. The normalized spacial score (nSPS) is 27.6. The molecule has 102 valence electrons. The van der Waals surface area contributed by atoms with Gasteiger partial charge in [0.05, 0.1) is 6.61 Å². The fourth-order valence-electron chi connectivity index (χ4n) is 2.84. The Bertz CT molecular complexity index is 335. The summed E-state index contributed by atoms with van der Waals surface area (Å²) in [6, 6.07) is 0. The van der Waals surface area contributed by atoms with Crippen molar-refractivity contribution in [1.29, 1.82) is 0 Å². The van der Waals surface area contributed by atoms with E-state index in [1.54, 1.807) is 13.8 Å². The van der Waals surface area contributed by atoms with Gasteiger partial charge in [0.2, 0.25) is 0 Å². The van der Waals surface area contributed by atoms with Crippen LogP contribution in [0.2, 0.25) is 0 Å². The molecule has 1 aliphatic carbocycles. The molecule has 0 aromatic heterocycles. The molecule has 18 heavy (non-hydrogen) atoms. The van der Waals surface area contributed by atoms with E-state index in [0.29, 0.717) is 13.0 Å². The van der Waals surface area contributed by atoms with Gasteiger partial charge in [-0.25, -0.2) is 0 Å². The number of ketones is 2. The summed E-state index contributed by atoms with van der Waals surface area (Å²) in [7, 11) is 0. The molecule has 1 aliphatic rings. The smallest absolute Gasteiger partial charge is 0.302 e. The van der Waals surface area contributed by atoms with Gasteiger partial charge in [-0.3, -0.25) is 14.4 Å². The Balaban J connectivity index is 2.57. The third-order valence-corrected chi connectivity index (χ3v) is 3.87. The van der Waals surface area contributed by atoms with Crippen molar-refractivity contribution < 1.29 is 19.1 Å². The van der Waals surface area contributed by atoms with Crippen LogP contribution in [0.25, 0.3) is 0 Å². The van der Waals surface area contributed by atoms with Crippen LogP contribution in [-0.2, 0) is 19.1 Å². The fourth-order valence-corrected chi connectivity index (χ4v) is 2.84. The van der Waals surface area contributed by atoms with E-state index >= 15 is 0 Å². The molecule has 3 atom stereocenters. The van der Waals surface area contributed by atoms with Gasteiger partial charge < -0.3 is 4.74 Å². The molecule has 0 radical (unpaired) electrons. The Morgan fingerprint density at radius 1 is 1.06 bits per heavy atom. The molecular formula is C14H22O4. The number of carbonyl (C=O) groups is 3. The highest BCUT2D eigenvalue weighted by Gasteiger charge is 2.34.